The van der Waals surface area contributed by atoms with Crippen molar-refractivity contribution in [2.24, 2.45) is 0 Å². The molecule has 2 fully saturated rings. The first-order valence-corrected chi connectivity index (χ1v) is 8.61. The molecule has 0 saturated carbocycles. The third kappa shape index (κ3) is 6.42. The predicted octanol–water partition coefficient (Wildman–Crippen LogP) is 1.91. The number of nitrogens with zero attached hydrogens (tertiary/aromatic N) is 1. The zero-order chi connectivity index (χ0) is 16.1. The second-order valence-electron chi connectivity index (χ2n) is 6.57. The van der Waals surface area contributed by atoms with E-state index in [4.69, 9.17) is 4.74 Å². The topological polar surface area (TPSA) is 53.6 Å². The van der Waals surface area contributed by atoms with Crippen molar-refractivity contribution in [3.63, 3.8) is 0 Å². The van der Waals surface area contributed by atoms with E-state index in [1.807, 2.05) is 0 Å². The van der Waals surface area contributed by atoms with Gasteiger partial charge in [0.05, 0.1) is 13.2 Å². The van der Waals surface area contributed by atoms with E-state index >= 15 is 0 Å². The largest absolute Gasteiger partial charge is 0.378 e. The molecule has 1 aromatic rings. The Kier molecular flexibility index (Phi) is 9.75. The van der Waals surface area contributed by atoms with Crippen LogP contribution in [0.1, 0.15) is 24.0 Å². The lowest BCUT2D eigenvalue weighted by Crippen LogP contribution is -2.54. The van der Waals surface area contributed by atoms with E-state index in [2.05, 4.69) is 46.7 Å². The van der Waals surface area contributed by atoms with Crippen molar-refractivity contribution < 1.29 is 9.53 Å². The lowest BCUT2D eigenvalue weighted by atomic mass is 10.0. The van der Waals surface area contributed by atoms with E-state index in [9.17, 15) is 4.79 Å². The van der Waals surface area contributed by atoms with E-state index in [1.54, 1.807) is 0 Å². The normalized spacial score (nSPS) is 21.7. The highest BCUT2D eigenvalue weighted by molar-refractivity contribution is 5.85. The molecule has 2 aliphatic rings. The second kappa shape index (κ2) is 11.0. The number of hydrogen-bond acceptors (Lipinski definition) is 4. The molecule has 7 heteroatoms. The average molecular weight is 390 g/mol. The number of aryl methyl sites for hydroxylation is 1. The quantitative estimate of drug-likeness (QED) is 0.825. The van der Waals surface area contributed by atoms with E-state index < -0.39 is 0 Å². The molecule has 0 aromatic heterocycles. The van der Waals surface area contributed by atoms with Crippen molar-refractivity contribution in [1.82, 2.24) is 15.5 Å². The Morgan fingerprint density at radius 1 is 1.28 bits per heavy atom. The fraction of sp³-hybridized carbons (Fsp3) is 0.611. The zero-order valence-corrected chi connectivity index (χ0v) is 16.3. The summed E-state index contributed by atoms with van der Waals surface area (Å²) in [7, 11) is 0. The van der Waals surface area contributed by atoms with Gasteiger partial charge in [-0.3, -0.25) is 9.69 Å². The molecule has 1 aromatic carbocycles. The van der Waals surface area contributed by atoms with Gasteiger partial charge in [0.2, 0.25) is 5.91 Å². The Balaban J connectivity index is 0.00000156. The monoisotopic (exact) mass is 389 g/mol. The van der Waals surface area contributed by atoms with Gasteiger partial charge < -0.3 is 15.4 Å². The Bertz CT molecular complexity index is 531. The molecular formula is C18H29Cl2N3O2. The van der Waals surface area contributed by atoms with Crippen molar-refractivity contribution in [2.75, 3.05) is 32.8 Å². The van der Waals surface area contributed by atoms with Crippen LogP contribution in [0.2, 0.25) is 0 Å². The van der Waals surface area contributed by atoms with Crippen molar-refractivity contribution in [1.29, 1.82) is 0 Å². The Morgan fingerprint density at radius 2 is 2.00 bits per heavy atom. The number of hydrogen-bond donors (Lipinski definition) is 2. The molecule has 2 aliphatic heterocycles. The van der Waals surface area contributed by atoms with E-state index in [0.29, 0.717) is 19.3 Å². The summed E-state index contributed by atoms with van der Waals surface area (Å²) in [5.41, 5.74) is 2.75. The molecule has 0 radical (unpaired) electrons. The molecule has 1 amide bonds. The smallest absolute Gasteiger partial charge is 0.239 e. The number of ether oxygens (including phenoxy) is 1. The number of carbonyl (C=O) groups excluding carboxylic acids is 1. The summed E-state index contributed by atoms with van der Waals surface area (Å²) in [5.74, 6) is 0.0852. The van der Waals surface area contributed by atoms with Gasteiger partial charge in [0.1, 0.15) is 6.04 Å². The van der Waals surface area contributed by atoms with Crippen LogP contribution in [-0.2, 0) is 16.1 Å². The molecular weight excluding hydrogens is 361 g/mol. The number of halogens is 2. The van der Waals surface area contributed by atoms with Crippen molar-refractivity contribution in [3.8, 4) is 0 Å². The number of amides is 1. The van der Waals surface area contributed by atoms with Crippen LogP contribution >= 0.6 is 24.8 Å². The van der Waals surface area contributed by atoms with Crippen molar-refractivity contribution >= 4 is 30.7 Å². The zero-order valence-electron chi connectivity index (χ0n) is 14.7. The van der Waals surface area contributed by atoms with Gasteiger partial charge >= 0.3 is 0 Å². The molecule has 2 heterocycles. The molecule has 5 nitrogen and oxygen atoms in total. The first kappa shape index (κ1) is 22.2. The molecule has 1 unspecified atom stereocenters. The highest BCUT2D eigenvalue weighted by Gasteiger charge is 2.26. The summed E-state index contributed by atoms with van der Waals surface area (Å²) in [6.45, 7) is 7.18. The summed E-state index contributed by atoms with van der Waals surface area (Å²) in [6.07, 6.45) is 2.04. The van der Waals surface area contributed by atoms with Gasteiger partial charge in [-0.2, -0.15) is 0 Å². The highest BCUT2D eigenvalue weighted by atomic mass is 35.5. The van der Waals surface area contributed by atoms with Gasteiger partial charge in [-0.1, -0.05) is 24.3 Å². The molecule has 25 heavy (non-hydrogen) atoms. The van der Waals surface area contributed by atoms with E-state index in [-0.39, 0.29) is 36.8 Å². The number of rotatable bonds is 4. The molecule has 142 valence electrons. The summed E-state index contributed by atoms with van der Waals surface area (Å²) in [5, 5.41) is 6.38. The van der Waals surface area contributed by atoms with Crippen molar-refractivity contribution in [2.45, 2.75) is 38.4 Å². The molecule has 0 aliphatic carbocycles. The third-order valence-corrected chi connectivity index (χ3v) is 4.83. The molecule has 0 spiro atoms. The minimum Gasteiger partial charge on any atom is -0.378 e. The van der Waals surface area contributed by atoms with E-state index in [0.717, 1.165) is 39.0 Å². The van der Waals surface area contributed by atoms with Gasteiger partial charge in [0.15, 0.2) is 0 Å². The fourth-order valence-corrected chi connectivity index (χ4v) is 3.30. The summed E-state index contributed by atoms with van der Waals surface area (Å²) < 4.78 is 5.36. The summed E-state index contributed by atoms with van der Waals surface area (Å²) in [6, 6.07) is 8.67. The molecule has 3 rings (SSSR count). The molecule has 2 saturated heterocycles. The van der Waals surface area contributed by atoms with E-state index in [1.165, 1.54) is 11.1 Å². The minimum absolute atomic E-state index is 0. The van der Waals surface area contributed by atoms with Crippen LogP contribution in [0.15, 0.2) is 24.3 Å². The van der Waals surface area contributed by atoms with Crippen molar-refractivity contribution in [3.05, 3.63) is 35.4 Å². The van der Waals surface area contributed by atoms with Gasteiger partial charge in [0.25, 0.3) is 0 Å². The Morgan fingerprint density at radius 3 is 2.64 bits per heavy atom. The van der Waals surface area contributed by atoms with Gasteiger partial charge in [0, 0.05) is 32.2 Å². The number of benzene rings is 1. The van der Waals surface area contributed by atoms with Crippen LogP contribution in [0.25, 0.3) is 0 Å². The maximum absolute atomic E-state index is 12.2. The van der Waals surface area contributed by atoms with Crippen LogP contribution < -0.4 is 10.6 Å². The highest BCUT2D eigenvalue weighted by Crippen LogP contribution is 2.16. The maximum Gasteiger partial charge on any atom is 0.239 e. The van der Waals surface area contributed by atoms with Crippen LogP contribution in [0.4, 0.5) is 0 Å². The predicted molar refractivity (Wildman–Crippen MR) is 105 cm³/mol. The fourth-order valence-electron chi connectivity index (χ4n) is 3.30. The Hall–Kier alpha value is -0.850. The lowest BCUT2D eigenvalue weighted by molar-refractivity contribution is -0.126. The summed E-state index contributed by atoms with van der Waals surface area (Å²) >= 11 is 0. The van der Waals surface area contributed by atoms with Crippen LogP contribution in [0.5, 0.6) is 0 Å². The number of piperidine rings is 1. The number of morpholine rings is 1. The molecule has 0 bridgehead atoms. The average Bonchev–Trinajstić information content (AvgIpc) is 2.59. The number of likely N-dealkylation sites (tertiary alicyclic amines) is 1. The molecule has 1 atom stereocenters. The standard InChI is InChI=1S/C18H27N3O2.2ClH/c1-14-4-2-3-5-15(14)12-21-9-6-16(7-10-21)20-18(22)17-13-23-11-8-19-17;;/h2-5,16-17,19H,6-13H2,1H3,(H,20,22);2*1H. The van der Waals surface area contributed by atoms with Gasteiger partial charge in [-0.25, -0.2) is 0 Å². The Labute approximate surface area is 162 Å². The third-order valence-electron chi connectivity index (χ3n) is 4.83. The van der Waals surface area contributed by atoms with Crippen LogP contribution in [-0.4, -0.2) is 55.7 Å². The lowest BCUT2D eigenvalue weighted by Gasteiger charge is -2.33. The second-order valence-corrected chi connectivity index (χ2v) is 6.57. The first-order chi connectivity index (χ1) is 11.2. The first-order valence-electron chi connectivity index (χ1n) is 8.61. The molecule has 2 N–H and O–H groups in total. The number of carbonyl (C=O) groups is 1. The van der Waals surface area contributed by atoms with Gasteiger partial charge in [-0.15, -0.1) is 24.8 Å². The van der Waals surface area contributed by atoms with Crippen LogP contribution in [0.3, 0.4) is 0 Å². The van der Waals surface area contributed by atoms with Crippen LogP contribution in [0, 0.1) is 6.92 Å². The van der Waals surface area contributed by atoms with Gasteiger partial charge in [-0.05, 0) is 30.9 Å². The maximum atomic E-state index is 12.2. The summed E-state index contributed by atoms with van der Waals surface area (Å²) in [4.78, 5) is 14.7. The SMILES string of the molecule is Cc1ccccc1CN1CCC(NC(=O)C2COCCN2)CC1.Cl.Cl. The minimum atomic E-state index is -0.186. The number of nitrogens with one attached hydrogen (secondary N) is 2.